The van der Waals surface area contributed by atoms with Crippen molar-refractivity contribution >= 4 is 51.8 Å². The zero-order valence-electron chi connectivity index (χ0n) is 15.5. The SMILES string of the molecule is CCCN(Cc1nc2cc(Cl)ccc2c(=O)[nH]1)C(=O)c1cc(SC)ccc1Cl. The van der Waals surface area contributed by atoms with Crippen molar-refractivity contribution in [3.63, 3.8) is 0 Å². The van der Waals surface area contributed by atoms with Crippen LogP contribution in [0.3, 0.4) is 0 Å². The molecule has 3 rings (SSSR count). The Morgan fingerprint density at radius 2 is 2.00 bits per heavy atom. The Morgan fingerprint density at radius 3 is 2.71 bits per heavy atom. The molecule has 0 saturated heterocycles. The van der Waals surface area contributed by atoms with Crippen molar-refractivity contribution < 1.29 is 4.79 Å². The molecule has 0 bridgehead atoms. The number of aromatic nitrogens is 2. The number of benzene rings is 2. The monoisotopic (exact) mass is 435 g/mol. The minimum Gasteiger partial charge on any atom is -0.331 e. The van der Waals surface area contributed by atoms with Gasteiger partial charge in [-0.1, -0.05) is 30.1 Å². The maximum absolute atomic E-state index is 13.1. The van der Waals surface area contributed by atoms with Gasteiger partial charge in [0, 0.05) is 16.5 Å². The summed E-state index contributed by atoms with van der Waals surface area (Å²) < 4.78 is 0. The van der Waals surface area contributed by atoms with Crippen LogP contribution in [0.15, 0.2) is 46.1 Å². The molecule has 0 aliphatic rings. The maximum atomic E-state index is 13.1. The third-order valence-electron chi connectivity index (χ3n) is 4.24. The smallest absolute Gasteiger partial charge is 0.258 e. The van der Waals surface area contributed by atoms with Crippen LogP contribution in [0.1, 0.15) is 29.5 Å². The third-order valence-corrected chi connectivity index (χ3v) is 5.53. The van der Waals surface area contributed by atoms with E-state index in [1.54, 1.807) is 47.0 Å². The molecule has 1 N–H and O–H groups in total. The topological polar surface area (TPSA) is 66.1 Å². The van der Waals surface area contributed by atoms with Crippen LogP contribution in [0.5, 0.6) is 0 Å². The number of halogens is 2. The second-order valence-electron chi connectivity index (χ2n) is 6.25. The average Bonchev–Trinajstić information content (AvgIpc) is 2.67. The first-order valence-electron chi connectivity index (χ1n) is 8.74. The number of thioether (sulfide) groups is 1. The van der Waals surface area contributed by atoms with Gasteiger partial charge in [-0.25, -0.2) is 4.98 Å². The summed E-state index contributed by atoms with van der Waals surface area (Å²) in [5.41, 5.74) is 0.675. The van der Waals surface area contributed by atoms with Crippen molar-refractivity contribution in [1.82, 2.24) is 14.9 Å². The van der Waals surface area contributed by atoms with Gasteiger partial charge >= 0.3 is 0 Å². The fraction of sp³-hybridized carbons (Fsp3) is 0.250. The van der Waals surface area contributed by atoms with Crippen LogP contribution >= 0.6 is 35.0 Å². The highest BCUT2D eigenvalue weighted by Crippen LogP contribution is 2.25. The summed E-state index contributed by atoms with van der Waals surface area (Å²) in [4.78, 5) is 35.3. The zero-order chi connectivity index (χ0) is 20.3. The quantitative estimate of drug-likeness (QED) is 0.552. The summed E-state index contributed by atoms with van der Waals surface area (Å²) in [7, 11) is 0. The van der Waals surface area contributed by atoms with Crippen LogP contribution in [0, 0.1) is 0 Å². The van der Waals surface area contributed by atoms with Crippen molar-refractivity contribution in [2.75, 3.05) is 12.8 Å². The number of nitrogens with zero attached hydrogens (tertiary/aromatic N) is 2. The Labute approximate surface area is 177 Å². The summed E-state index contributed by atoms with van der Waals surface area (Å²) in [6, 6.07) is 10.3. The molecule has 1 amide bonds. The molecule has 5 nitrogen and oxygen atoms in total. The van der Waals surface area contributed by atoms with Gasteiger partial charge in [0.25, 0.3) is 11.5 Å². The largest absolute Gasteiger partial charge is 0.331 e. The lowest BCUT2D eigenvalue weighted by molar-refractivity contribution is 0.0739. The van der Waals surface area contributed by atoms with Gasteiger partial charge in [0.2, 0.25) is 0 Å². The minimum absolute atomic E-state index is 0.171. The van der Waals surface area contributed by atoms with E-state index in [1.807, 2.05) is 19.2 Å². The second kappa shape index (κ2) is 8.99. The number of rotatable bonds is 6. The summed E-state index contributed by atoms with van der Waals surface area (Å²) in [6.07, 6.45) is 2.70. The van der Waals surface area contributed by atoms with Crippen molar-refractivity contribution in [1.29, 1.82) is 0 Å². The van der Waals surface area contributed by atoms with Crippen LogP contribution < -0.4 is 5.56 Å². The number of amides is 1. The number of hydrogen-bond acceptors (Lipinski definition) is 4. The summed E-state index contributed by atoms with van der Waals surface area (Å²) in [5.74, 6) is 0.204. The molecule has 0 aliphatic heterocycles. The van der Waals surface area contributed by atoms with Crippen molar-refractivity contribution in [2.45, 2.75) is 24.8 Å². The van der Waals surface area contributed by atoms with E-state index in [9.17, 15) is 9.59 Å². The summed E-state index contributed by atoms with van der Waals surface area (Å²) >= 11 is 13.8. The Kier molecular flexibility index (Phi) is 6.65. The molecular formula is C20H19Cl2N3O2S. The molecular weight excluding hydrogens is 417 g/mol. The fourth-order valence-electron chi connectivity index (χ4n) is 2.90. The minimum atomic E-state index is -0.261. The first kappa shape index (κ1) is 20.7. The van der Waals surface area contributed by atoms with E-state index in [4.69, 9.17) is 23.2 Å². The number of fused-ring (bicyclic) bond motifs is 1. The van der Waals surface area contributed by atoms with Crippen LogP contribution in [0.4, 0.5) is 0 Å². The number of carbonyl (C=O) groups excluding carboxylic acids is 1. The van der Waals surface area contributed by atoms with Crippen LogP contribution in [0.2, 0.25) is 10.0 Å². The molecule has 0 aliphatic carbocycles. The van der Waals surface area contributed by atoms with Gasteiger partial charge in [-0.15, -0.1) is 11.8 Å². The molecule has 1 aromatic heterocycles. The highest BCUT2D eigenvalue weighted by Gasteiger charge is 2.20. The normalized spacial score (nSPS) is 11.0. The predicted molar refractivity (Wildman–Crippen MR) is 116 cm³/mol. The first-order chi connectivity index (χ1) is 13.4. The van der Waals surface area contributed by atoms with E-state index in [2.05, 4.69) is 9.97 Å². The molecule has 0 unspecified atom stereocenters. The van der Waals surface area contributed by atoms with E-state index >= 15 is 0 Å². The summed E-state index contributed by atoms with van der Waals surface area (Å²) in [6.45, 7) is 2.66. The van der Waals surface area contributed by atoms with E-state index in [1.165, 1.54) is 0 Å². The molecule has 0 atom stereocenters. The van der Waals surface area contributed by atoms with Crippen LogP contribution in [-0.2, 0) is 6.54 Å². The van der Waals surface area contributed by atoms with E-state index in [0.29, 0.717) is 38.9 Å². The lowest BCUT2D eigenvalue weighted by atomic mass is 10.2. The van der Waals surface area contributed by atoms with E-state index < -0.39 is 0 Å². The lowest BCUT2D eigenvalue weighted by Crippen LogP contribution is -2.33. The Hall–Kier alpha value is -2.02. The lowest BCUT2D eigenvalue weighted by Gasteiger charge is -2.22. The van der Waals surface area contributed by atoms with Crippen molar-refractivity contribution in [3.05, 3.63) is 68.2 Å². The van der Waals surface area contributed by atoms with Gasteiger partial charge in [-0.05, 0) is 49.1 Å². The van der Waals surface area contributed by atoms with E-state index in [0.717, 1.165) is 11.3 Å². The molecule has 0 saturated carbocycles. The van der Waals surface area contributed by atoms with Gasteiger partial charge in [0.15, 0.2) is 0 Å². The highest BCUT2D eigenvalue weighted by atomic mass is 35.5. The number of hydrogen-bond donors (Lipinski definition) is 1. The molecule has 0 fully saturated rings. The van der Waals surface area contributed by atoms with Crippen molar-refractivity contribution in [3.8, 4) is 0 Å². The Bertz CT molecular complexity index is 1080. The molecule has 28 heavy (non-hydrogen) atoms. The van der Waals surface area contributed by atoms with Gasteiger partial charge in [-0.3, -0.25) is 9.59 Å². The van der Waals surface area contributed by atoms with Gasteiger partial charge in [0.05, 0.1) is 28.0 Å². The molecule has 1 heterocycles. The third kappa shape index (κ3) is 4.51. The van der Waals surface area contributed by atoms with Crippen LogP contribution in [-0.4, -0.2) is 33.6 Å². The van der Waals surface area contributed by atoms with Gasteiger partial charge in [-0.2, -0.15) is 0 Å². The predicted octanol–water partition coefficient (Wildman–Crippen LogP) is 5.00. The Morgan fingerprint density at radius 1 is 1.21 bits per heavy atom. The number of H-pyrrole nitrogens is 1. The number of carbonyl (C=O) groups is 1. The molecule has 146 valence electrons. The molecule has 2 aromatic carbocycles. The highest BCUT2D eigenvalue weighted by molar-refractivity contribution is 7.98. The average molecular weight is 436 g/mol. The number of nitrogens with one attached hydrogen (secondary N) is 1. The second-order valence-corrected chi connectivity index (χ2v) is 7.97. The first-order valence-corrected chi connectivity index (χ1v) is 10.7. The van der Waals surface area contributed by atoms with Crippen LogP contribution in [0.25, 0.3) is 10.9 Å². The molecule has 8 heteroatoms. The number of aromatic amines is 1. The molecule has 3 aromatic rings. The fourth-order valence-corrected chi connectivity index (χ4v) is 3.71. The molecule has 0 spiro atoms. The molecule has 0 radical (unpaired) electrons. The maximum Gasteiger partial charge on any atom is 0.258 e. The standard InChI is InChI=1S/C20H19Cl2N3O2S/c1-3-8-25(20(27)15-10-13(28-2)5-7-16(15)22)11-18-23-17-9-12(21)4-6-14(17)19(26)24-18/h4-7,9-10H,3,8,11H2,1-2H3,(H,23,24,26). The summed E-state index contributed by atoms with van der Waals surface area (Å²) in [5, 5.41) is 1.35. The van der Waals surface area contributed by atoms with Gasteiger partial charge < -0.3 is 9.88 Å². The Balaban J connectivity index is 1.96. The van der Waals surface area contributed by atoms with Gasteiger partial charge in [0.1, 0.15) is 5.82 Å². The zero-order valence-corrected chi connectivity index (χ0v) is 17.8. The van der Waals surface area contributed by atoms with Crippen molar-refractivity contribution in [2.24, 2.45) is 0 Å². The van der Waals surface area contributed by atoms with E-state index in [-0.39, 0.29) is 18.0 Å².